The van der Waals surface area contributed by atoms with Gasteiger partial charge in [-0.25, -0.2) is 0 Å². The van der Waals surface area contributed by atoms with Crippen molar-refractivity contribution in [3.63, 3.8) is 0 Å². The Morgan fingerprint density at radius 2 is 1.73 bits per heavy atom. The minimum Gasteiger partial charge on any atom is -0.361 e. The molecule has 22 heavy (non-hydrogen) atoms. The highest BCUT2D eigenvalue weighted by molar-refractivity contribution is 5.92. The first kappa shape index (κ1) is 15.6. The molecule has 1 aromatic rings. The number of aryl methyl sites for hydroxylation is 1. The summed E-state index contributed by atoms with van der Waals surface area (Å²) in [4.78, 5) is 15.2. The average molecular weight is 304 g/mol. The van der Waals surface area contributed by atoms with Crippen LogP contribution in [0.15, 0.2) is 10.6 Å². The van der Waals surface area contributed by atoms with Gasteiger partial charge in [-0.1, -0.05) is 44.2 Å². The van der Waals surface area contributed by atoms with Crippen LogP contribution in [0.25, 0.3) is 0 Å². The van der Waals surface area contributed by atoms with Crippen molar-refractivity contribution in [3.8, 4) is 0 Å². The summed E-state index contributed by atoms with van der Waals surface area (Å²) in [5.74, 6) is 0.936. The minimum absolute atomic E-state index is 0.102. The summed E-state index contributed by atoms with van der Waals surface area (Å²) in [5.41, 5.74) is 0.515. The summed E-state index contributed by atoms with van der Waals surface area (Å²) in [6.45, 7) is 2.11. The number of carbonyl (C=O) groups is 1. The summed E-state index contributed by atoms with van der Waals surface area (Å²) >= 11 is 0. The van der Waals surface area contributed by atoms with Gasteiger partial charge in [0.15, 0.2) is 5.69 Å². The topological polar surface area (TPSA) is 46.3 Å². The Morgan fingerprint density at radius 1 is 1.14 bits per heavy atom. The zero-order valence-electron chi connectivity index (χ0n) is 13.7. The molecule has 0 aromatic carbocycles. The SMILES string of the molecule is CCCc1cc(C(=O)N(C2CCCCC2)C2CCCC2)no1. The molecule has 1 heterocycles. The smallest absolute Gasteiger partial charge is 0.276 e. The number of carbonyl (C=O) groups excluding carboxylic acids is 1. The summed E-state index contributed by atoms with van der Waals surface area (Å²) in [5, 5.41) is 4.06. The van der Waals surface area contributed by atoms with Gasteiger partial charge in [0, 0.05) is 24.6 Å². The van der Waals surface area contributed by atoms with Crippen molar-refractivity contribution in [2.75, 3.05) is 0 Å². The number of hydrogen-bond donors (Lipinski definition) is 0. The Kier molecular flexibility index (Phi) is 5.16. The van der Waals surface area contributed by atoms with Gasteiger partial charge >= 0.3 is 0 Å². The van der Waals surface area contributed by atoms with Gasteiger partial charge in [0.05, 0.1) is 0 Å². The Morgan fingerprint density at radius 3 is 2.32 bits per heavy atom. The van der Waals surface area contributed by atoms with Crippen molar-refractivity contribution >= 4 is 5.91 Å². The maximum absolute atomic E-state index is 13.1. The fourth-order valence-corrected chi connectivity index (χ4v) is 4.08. The lowest BCUT2D eigenvalue weighted by molar-refractivity contribution is 0.0507. The lowest BCUT2D eigenvalue weighted by Gasteiger charge is -2.38. The van der Waals surface area contributed by atoms with Crippen LogP contribution >= 0.6 is 0 Å². The van der Waals surface area contributed by atoms with Crippen molar-refractivity contribution < 1.29 is 9.32 Å². The van der Waals surface area contributed by atoms with E-state index in [9.17, 15) is 4.79 Å². The molecule has 0 bridgehead atoms. The standard InChI is InChI=1S/C18H28N2O2/c1-2-8-16-13-17(19-22-16)18(21)20(15-11-6-7-12-15)14-9-4-3-5-10-14/h13-15H,2-12H2,1H3. The van der Waals surface area contributed by atoms with Gasteiger partial charge in [0.1, 0.15) is 5.76 Å². The summed E-state index contributed by atoms with van der Waals surface area (Å²) in [6, 6.07) is 2.69. The Bertz CT molecular complexity index is 485. The van der Waals surface area contributed by atoms with Crippen LogP contribution in [0.4, 0.5) is 0 Å². The van der Waals surface area contributed by atoms with Crippen molar-refractivity contribution in [2.45, 2.75) is 89.6 Å². The number of hydrogen-bond acceptors (Lipinski definition) is 3. The number of amides is 1. The Balaban J connectivity index is 1.78. The van der Waals surface area contributed by atoms with Crippen molar-refractivity contribution in [1.82, 2.24) is 10.1 Å². The molecule has 0 atom stereocenters. The third-order valence-electron chi connectivity index (χ3n) is 5.20. The highest BCUT2D eigenvalue weighted by Crippen LogP contribution is 2.32. The van der Waals surface area contributed by atoms with Gasteiger partial charge in [0.25, 0.3) is 5.91 Å². The Labute approximate surface area is 133 Å². The van der Waals surface area contributed by atoms with Crippen LogP contribution in [0, 0.1) is 0 Å². The first-order chi connectivity index (χ1) is 10.8. The number of rotatable bonds is 5. The normalized spacial score (nSPS) is 20.4. The highest BCUT2D eigenvalue weighted by Gasteiger charge is 2.34. The maximum Gasteiger partial charge on any atom is 0.276 e. The van der Waals surface area contributed by atoms with E-state index in [1.807, 2.05) is 6.07 Å². The number of aromatic nitrogens is 1. The van der Waals surface area contributed by atoms with Crippen LogP contribution < -0.4 is 0 Å². The lowest BCUT2D eigenvalue weighted by Crippen LogP contribution is -2.47. The first-order valence-corrected chi connectivity index (χ1v) is 9.08. The lowest BCUT2D eigenvalue weighted by atomic mass is 9.92. The van der Waals surface area contributed by atoms with E-state index in [2.05, 4.69) is 17.0 Å². The first-order valence-electron chi connectivity index (χ1n) is 9.08. The van der Waals surface area contributed by atoms with Crippen LogP contribution in [0.5, 0.6) is 0 Å². The third-order valence-corrected chi connectivity index (χ3v) is 5.20. The number of nitrogens with zero attached hydrogens (tertiary/aromatic N) is 2. The van der Waals surface area contributed by atoms with E-state index in [-0.39, 0.29) is 5.91 Å². The predicted octanol–water partition coefficient (Wildman–Crippen LogP) is 4.34. The predicted molar refractivity (Wildman–Crippen MR) is 85.8 cm³/mol. The molecular weight excluding hydrogens is 276 g/mol. The van der Waals surface area contributed by atoms with E-state index in [1.54, 1.807) is 0 Å². The second kappa shape index (κ2) is 7.30. The Hall–Kier alpha value is -1.32. The van der Waals surface area contributed by atoms with Crippen LogP contribution in [-0.4, -0.2) is 28.0 Å². The molecule has 2 aliphatic rings. The molecule has 0 spiro atoms. The molecule has 0 N–H and O–H groups in total. The van der Waals surface area contributed by atoms with E-state index in [0.29, 0.717) is 17.8 Å². The van der Waals surface area contributed by atoms with E-state index < -0.39 is 0 Å². The van der Waals surface area contributed by atoms with Crippen LogP contribution in [0.1, 0.15) is 87.4 Å². The molecule has 0 radical (unpaired) electrons. The molecule has 0 saturated heterocycles. The molecule has 4 nitrogen and oxygen atoms in total. The van der Waals surface area contributed by atoms with Gasteiger partial charge in [-0.05, 0) is 32.1 Å². The molecular formula is C18H28N2O2. The van der Waals surface area contributed by atoms with E-state index >= 15 is 0 Å². The molecule has 4 heteroatoms. The molecule has 1 aromatic heterocycles. The van der Waals surface area contributed by atoms with Crippen LogP contribution in [0.3, 0.4) is 0 Å². The molecule has 3 rings (SSSR count). The van der Waals surface area contributed by atoms with Gasteiger partial charge in [-0.15, -0.1) is 0 Å². The second-order valence-electron chi connectivity index (χ2n) is 6.87. The van der Waals surface area contributed by atoms with Crippen LogP contribution in [0.2, 0.25) is 0 Å². The third kappa shape index (κ3) is 3.36. The molecule has 0 unspecified atom stereocenters. The van der Waals surface area contributed by atoms with E-state index in [0.717, 1.165) is 44.3 Å². The molecule has 2 saturated carbocycles. The van der Waals surface area contributed by atoms with Crippen molar-refractivity contribution in [1.29, 1.82) is 0 Å². The molecule has 122 valence electrons. The van der Waals surface area contributed by atoms with Crippen LogP contribution in [-0.2, 0) is 6.42 Å². The minimum atomic E-state index is 0.102. The summed E-state index contributed by atoms with van der Waals surface area (Å²) in [6.07, 6.45) is 12.8. The molecule has 0 aliphatic heterocycles. The van der Waals surface area contributed by atoms with Gasteiger partial charge < -0.3 is 9.42 Å². The quantitative estimate of drug-likeness (QED) is 0.812. The van der Waals surface area contributed by atoms with Crippen molar-refractivity contribution in [2.24, 2.45) is 0 Å². The van der Waals surface area contributed by atoms with Gasteiger partial charge in [-0.2, -0.15) is 0 Å². The fraction of sp³-hybridized carbons (Fsp3) is 0.778. The van der Waals surface area contributed by atoms with E-state index in [4.69, 9.17) is 4.52 Å². The van der Waals surface area contributed by atoms with Gasteiger partial charge in [-0.3, -0.25) is 4.79 Å². The van der Waals surface area contributed by atoms with Crippen molar-refractivity contribution in [3.05, 3.63) is 17.5 Å². The monoisotopic (exact) mass is 304 g/mol. The molecule has 1 amide bonds. The fourth-order valence-electron chi connectivity index (χ4n) is 4.08. The molecule has 2 fully saturated rings. The van der Waals surface area contributed by atoms with Gasteiger partial charge in [0.2, 0.25) is 0 Å². The summed E-state index contributed by atoms with van der Waals surface area (Å²) in [7, 11) is 0. The average Bonchev–Trinajstić information content (AvgIpc) is 3.21. The molecule has 2 aliphatic carbocycles. The zero-order chi connectivity index (χ0) is 15.4. The van der Waals surface area contributed by atoms with E-state index in [1.165, 1.54) is 32.1 Å². The largest absolute Gasteiger partial charge is 0.361 e. The summed E-state index contributed by atoms with van der Waals surface area (Å²) < 4.78 is 5.33. The second-order valence-corrected chi connectivity index (χ2v) is 6.87. The highest BCUT2D eigenvalue weighted by atomic mass is 16.5. The maximum atomic E-state index is 13.1. The zero-order valence-corrected chi connectivity index (χ0v) is 13.7.